The molecule has 0 unspecified atom stereocenters. The largest absolute Gasteiger partial charge is 0.456 e. The van der Waals surface area contributed by atoms with Gasteiger partial charge in [0.1, 0.15) is 6.54 Å². The van der Waals surface area contributed by atoms with E-state index in [0.29, 0.717) is 11.3 Å². The predicted octanol–water partition coefficient (Wildman–Crippen LogP) is 4.12. The van der Waals surface area contributed by atoms with E-state index < -0.39 is 5.97 Å². The van der Waals surface area contributed by atoms with Crippen molar-refractivity contribution in [2.75, 3.05) is 23.8 Å². The third-order valence-corrected chi connectivity index (χ3v) is 6.63. The molecule has 0 radical (unpaired) electrons. The van der Waals surface area contributed by atoms with Gasteiger partial charge in [-0.2, -0.15) is 0 Å². The molecular weight excluding hydrogens is 410 g/mol. The third-order valence-electron chi connectivity index (χ3n) is 5.58. The van der Waals surface area contributed by atoms with Gasteiger partial charge in [-0.15, -0.1) is 11.8 Å². The third kappa shape index (κ3) is 3.75. The van der Waals surface area contributed by atoms with Crippen molar-refractivity contribution < 1.29 is 19.1 Å². The minimum absolute atomic E-state index is 0.149. The molecule has 5 nitrogen and oxygen atoms in total. The average Bonchev–Trinajstić information content (AvgIpc) is 3.17. The summed E-state index contributed by atoms with van der Waals surface area (Å²) in [4.78, 5) is 39.7. The number of para-hydroxylation sites is 1. The zero-order valence-electron chi connectivity index (χ0n) is 16.7. The Balaban J connectivity index is 1.25. The van der Waals surface area contributed by atoms with Gasteiger partial charge in [-0.3, -0.25) is 19.3 Å². The first-order valence-corrected chi connectivity index (χ1v) is 11.0. The van der Waals surface area contributed by atoms with Crippen molar-refractivity contribution >= 4 is 35.1 Å². The zero-order valence-corrected chi connectivity index (χ0v) is 17.5. The number of benzene rings is 3. The van der Waals surface area contributed by atoms with E-state index in [2.05, 4.69) is 12.1 Å². The van der Waals surface area contributed by atoms with Gasteiger partial charge < -0.3 is 4.74 Å². The Bertz CT molecular complexity index is 1220. The molecule has 6 heteroatoms. The molecule has 1 heterocycles. The van der Waals surface area contributed by atoms with E-state index in [1.165, 1.54) is 27.8 Å². The summed E-state index contributed by atoms with van der Waals surface area (Å²) >= 11 is 1.45. The number of ketones is 1. The number of ether oxygens (including phenoxy) is 1. The Morgan fingerprint density at radius 1 is 0.935 bits per heavy atom. The number of rotatable bonds is 5. The van der Waals surface area contributed by atoms with Crippen LogP contribution >= 0.6 is 11.8 Å². The number of carbonyl (C=O) groups is 3. The van der Waals surface area contributed by atoms with Crippen molar-refractivity contribution in [3.05, 3.63) is 83.4 Å². The first-order valence-electron chi connectivity index (χ1n) is 10.0. The number of amides is 1. The number of anilines is 1. The SMILES string of the molecule is O=C(CN1C(=O)CSc2ccccc21)OCC(=O)c1ccc2c(c1)-c1ccccc1C2. The molecule has 0 bridgehead atoms. The number of hydrogen-bond donors (Lipinski definition) is 0. The van der Waals surface area contributed by atoms with E-state index in [4.69, 9.17) is 4.74 Å². The molecule has 0 saturated carbocycles. The predicted molar refractivity (Wildman–Crippen MR) is 119 cm³/mol. The molecule has 5 rings (SSSR count). The first-order chi connectivity index (χ1) is 15.1. The van der Waals surface area contributed by atoms with E-state index >= 15 is 0 Å². The van der Waals surface area contributed by atoms with E-state index in [1.807, 2.05) is 42.5 Å². The van der Waals surface area contributed by atoms with Crippen molar-refractivity contribution in [1.82, 2.24) is 0 Å². The van der Waals surface area contributed by atoms with Crippen LogP contribution in [0.5, 0.6) is 0 Å². The summed E-state index contributed by atoms with van der Waals surface area (Å²) < 4.78 is 5.22. The molecular formula is C25H19NO4S. The van der Waals surface area contributed by atoms with Gasteiger partial charge in [-0.25, -0.2) is 0 Å². The fraction of sp³-hybridized carbons (Fsp3) is 0.160. The number of nitrogens with zero attached hydrogens (tertiary/aromatic N) is 1. The standard InChI is InChI=1S/C25H19NO4S/c27-22(18-10-9-17-11-16-5-1-2-6-19(16)20(17)12-18)14-30-25(29)13-26-21-7-3-4-8-23(21)31-15-24(26)28/h1-10,12H,11,13-15H2. The van der Waals surface area contributed by atoms with Gasteiger partial charge >= 0.3 is 5.97 Å². The van der Waals surface area contributed by atoms with Crippen molar-refractivity contribution in [3.63, 3.8) is 0 Å². The molecule has 0 atom stereocenters. The van der Waals surface area contributed by atoms with Gasteiger partial charge in [0.25, 0.3) is 0 Å². The Hall–Kier alpha value is -3.38. The van der Waals surface area contributed by atoms with Gasteiger partial charge in [0, 0.05) is 10.5 Å². The van der Waals surface area contributed by atoms with Crippen LogP contribution in [0.4, 0.5) is 5.69 Å². The molecule has 0 aromatic heterocycles. The highest BCUT2D eigenvalue weighted by molar-refractivity contribution is 8.00. The lowest BCUT2D eigenvalue weighted by Crippen LogP contribution is -2.40. The molecule has 154 valence electrons. The minimum Gasteiger partial charge on any atom is -0.456 e. The monoisotopic (exact) mass is 429 g/mol. The van der Waals surface area contributed by atoms with Gasteiger partial charge in [0.15, 0.2) is 12.4 Å². The lowest BCUT2D eigenvalue weighted by molar-refractivity contribution is -0.141. The number of thioether (sulfide) groups is 1. The van der Waals surface area contributed by atoms with E-state index in [-0.39, 0.29) is 30.6 Å². The molecule has 1 amide bonds. The van der Waals surface area contributed by atoms with Crippen LogP contribution in [0, 0.1) is 0 Å². The summed E-state index contributed by atoms with van der Waals surface area (Å²) in [5.41, 5.74) is 5.85. The molecule has 1 aliphatic carbocycles. The highest BCUT2D eigenvalue weighted by Crippen LogP contribution is 2.37. The topological polar surface area (TPSA) is 63.7 Å². The number of carbonyl (C=O) groups excluding carboxylic acids is 3. The maximum atomic E-state index is 12.7. The maximum absolute atomic E-state index is 12.7. The number of hydrogen-bond acceptors (Lipinski definition) is 5. The molecule has 2 aliphatic rings. The lowest BCUT2D eigenvalue weighted by Gasteiger charge is -2.27. The van der Waals surface area contributed by atoms with Crippen LogP contribution in [-0.2, 0) is 20.7 Å². The van der Waals surface area contributed by atoms with Crippen LogP contribution in [0.1, 0.15) is 21.5 Å². The summed E-state index contributed by atoms with van der Waals surface area (Å²) in [6.07, 6.45) is 0.860. The summed E-state index contributed by atoms with van der Waals surface area (Å²) in [6, 6.07) is 21.2. The fourth-order valence-electron chi connectivity index (χ4n) is 4.03. The lowest BCUT2D eigenvalue weighted by atomic mass is 10.0. The van der Waals surface area contributed by atoms with Crippen LogP contribution in [0.3, 0.4) is 0 Å². The van der Waals surface area contributed by atoms with Crippen LogP contribution in [-0.4, -0.2) is 36.6 Å². The number of esters is 1. The van der Waals surface area contributed by atoms with Crippen LogP contribution < -0.4 is 4.90 Å². The van der Waals surface area contributed by atoms with Gasteiger partial charge in [0.2, 0.25) is 5.91 Å². The maximum Gasteiger partial charge on any atom is 0.326 e. The summed E-state index contributed by atoms with van der Waals surface area (Å²) in [5.74, 6) is -0.736. The normalized spacial score (nSPS) is 13.9. The summed E-state index contributed by atoms with van der Waals surface area (Å²) in [5, 5.41) is 0. The molecule has 31 heavy (non-hydrogen) atoms. The molecule has 0 fully saturated rings. The molecule has 0 spiro atoms. The van der Waals surface area contributed by atoms with Crippen LogP contribution in [0.25, 0.3) is 11.1 Å². The van der Waals surface area contributed by atoms with Crippen molar-refractivity contribution in [1.29, 1.82) is 0 Å². The summed E-state index contributed by atoms with van der Waals surface area (Å²) in [7, 11) is 0. The molecule has 3 aromatic carbocycles. The zero-order chi connectivity index (χ0) is 21.4. The average molecular weight is 429 g/mol. The Morgan fingerprint density at radius 2 is 1.71 bits per heavy atom. The van der Waals surface area contributed by atoms with Crippen molar-refractivity contribution in [2.24, 2.45) is 0 Å². The quantitative estimate of drug-likeness (QED) is 0.353. The number of Topliss-reactive ketones (excluding diaryl/α,β-unsaturated/α-hetero) is 1. The van der Waals surface area contributed by atoms with Gasteiger partial charge in [-0.1, -0.05) is 48.5 Å². The Labute approximate surface area is 184 Å². The van der Waals surface area contributed by atoms with E-state index in [9.17, 15) is 14.4 Å². The molecule has 1 aliphatic heterocycles. The van der Waals surface area contributed by atoms with Crippen molar-refractivity contribution in [2.45, 2.75) is 11.3 Å². The molecule has 0 saturated heterocycles. The Kier molecular flexibility index (Phi) is 5.08. The van der Waals surface area contributed by atoms with Gasteiger partial charge in [-0.05, 0) is 46.9 Å². The van der Waals surface area contributed by atoms with E-state index in [0.717, 1.165) is 22.4 Å². The second kappa shape index (κ2) is 8.04. The second-order valence-electron chi connectivity index (χ2n) is 7.53. The second-order valence-corrected chi connectivity index (χ2v) is 8.54. The smallest absolute Gasteiger partial charge is 0.326 e. The number of fused-ring (bicyclic) bond motifs is 4. The van der Waals surface area contributed by atoms with Crippen LogP contribution in [0.2, 0.25) is 0 Å². The molecule has 0 N–H and O–H groups in total. The van der Waals surface area contributed by atoms with Gasteiger partial charge in [0.05, 0.1) is 11.4 Å². The molecule has 3 aromatic rings. The Morgan fingerprint density at radius 3 is 2.61 bits per heavy atom. The summed E-state index contributed by atoms with van der Waals surface area (Å²) in [6.45, 7) is -0.557. The van der Waals surface area contributed by atoms with E-state index in [1.54, 1.807) is 12.1 Å². The fourth-order valence-corrected chi connectivity index (χ4v) is 4.96. The minimum atomic E-state index is -0.602. The van der Waals surface area contributed by atoms with Crippen molar-refractivity contribution in [3.8, 4) is 11.1 Å². The highest BCUT2D eigenvalue weighted by atomic mass is 32.2. The van der Waals surface area contributed by atoms with Crippen LogP contribution in [0.15, 0.2) is 71.6 Å². The highest BCUT2D eigenvalue weighted by Gasteiger charge is 2.27. The first kappa shape index (κ1) is 19.6.